The van der Waals surface area contributed by atoms with Crippen molar-refractivity contribution in [1.29, 1.82) is 0 Å². The molecule has 80 valence electrons. The fourth-order valence-corrected chi connectivity index (χ4v) is 2.73. The van der Waals surface area contributed by atoms with Crippen molar-refractivity contribution >= 4 is 5.78 Å². The summed E-state index contributed by atoms with van der Waals surface area (Å²) in [6.07, 6.45) is 5.44. The van der Waals surface area contributed by atoms with Crippen molar-refractivity contribution in [3.63, 3.8) is 0 Å². The number of ketones is 1. The van der Waals surface area contributed by atoms with Gasteiger partial charge in [0.15, 0.2) is 0 Å². The molecule has 2 aliphatic carbocycles. The monoisotopic (exact) mass is 195 g/mol. The summed E-state index contributed by atoms with van der Waals surface area (Å²) in [7, 11) is 0. The first-order valence-corrected chi connectivity index (χ1v) is 5.99. The minimum Gasteiger partial charge on any atom is -0.300 e. The van der Waals surface area contributed by atoms with E-state index in [1.54, 1.807) is 0 Å². The highest BCUT2D eigenvalue weighted by Gasteiger charge is 2.37. The number of carbonyl (C=O) groups is 1. The van der Waals surface area contributed by atoms with Gasteiger partial charge in [0.1, 0.15) is 5.78 Å². The van der Waals surface area contributed by atoms with Gasteiger partial charge in [-0.15, -0.1) is 0 Å². The summed E-state index contributed by atoms with van der Waals surface area (Å²) in [5.74, 6) is 1.19. The van der Waals surface area contributed by atoms with Crippen molar-refractivity contribution in [2.24, 2.45) is 5.92 Å². The Hall–Kier alpha value is -0.370. The molecule has 0 N–H and O–H groups in total. The normalized spacial score (nSPS) is 33.8. The Morgan fingerprint density at radius 3 is 2.64 bits per heavy atom. The van der Waals surface area contributed by atoms with E-state index < -0.39 is 0 Å². The van der Waals surface area contributed by atoms with Gasteiger partial charge >= 0.3 is 0 Å². The number of nitrogens with zero attached hydrogens (tertiary/aromatic N) is 1. The predicted molar refractivity (Wildman–Crippen MR) is 57.2 cm³/mol. The molecular formula is C12H21NO. The SMILES string of the molecule is CCN(C1CC1)C1CC(=O)CCC1C. The molecule has 0 aliphatic heterocycles. The molecule has 0 saturated heterocycles. The third-order valence-corrected chi connectivity index (χ3v) is 3.78. The minimum absolute atomic E-state index is 0.479. The second kappa shape index (κ2) is 4.01. The molecule has 0 heterocycles. The van der Waals surface area contributed by atoms with Crippen LogP contribution in [-0.2, 0) is 4.79 Å². The van der Waals surface area contributed by atoms with E-state index >= 15 is 0 Å². The lowest BCUT2D eigenvalue weighted by Crippen LogP contribution is -2.44. The average Bonchev–Trinajstić information content (AvgIpc) is 2.96. The van der Waals surface area contributed by atoms with Gasteiger partial charge in [-0.1, -0.05) is 13.8 Å². The summed E-state index contributed by atoms with van der Waals surface area (Å²) in [6.45, 7) is 5.65. The molecule has 2 atom stereocenters. The summed E-state index contributed by atoms with van der Waals surface area (Å²) in [4.78, 5) is 14.0. The third kappa shape index (κ3) is 2.00. The molecule has 2 nitrogen and oxygen atoms in total. The standard InChI is InChI=1S/C12H21NO/c1-3-13(10-5-6-10)12-8-11(14)7-4-9(12)2/h9-10,12H,3-8H2,1-2H3. The molecule has 2 saturated carbocycles. The quantitative estimate of drug-likeness (QED) is 0.688. The van der Waals surface area contributed by atoms with Crippen LogP contribution in [0.15, 0.2) is 0 Å². The van der Waals surface area contributed by atoms with Gasteiger partial charge in [0, 0.05) is 24.9 Å². The number of rotatable bonds is 3. The van der Waals surface area contributed by atoms with Crippen LogP contribution in [0, 0.1) is 5.92 Å². The molecule has 0 radical (unpaired) electrons. The topological polar surface area (TPSA) is 20.3 Å². The number of hydrogen-bond acceptors (Lipinski definition) is 2. The first-order chi connectivity index (χ1) is 6.72. The van der Waals surface area contributed by atoms with E-state index in [-0.39, 0.29) is 0 Å². The molecule has 0 aromatic carbocycles. The summed E-state index contributed by atoms with van der Waals surface area (Å²) in [6, 6.07) is 1.35. The van der Waals surface area contributed by atoms with Crippen LogP contribution in [0.25, 0.3) is 0 Å². The summed E-state index contributed by atoms with van der Waals surface area (Å²) < 4.78 is 0. The molecular weight excluding hydrogens is 174 g/mol. The van der Waals surface area contributed by atoms with Gasteiger partial charge < -0.3 is 0 Å². The second-order valence-electron chi connectivity index (χ2n) is 4.89. The van der Waals surface area contributed by atoms with Crippen LogP contribution in [-0.4, -0.2) is 29.3 Å². The fourth-order valence-electron chi connectivity index (χ4n) is 2.73. The van der Waals surface area contributed by atoms with Crippen molar-refractivity contribution in [3.8, 4) is 0 Å². The molecule has 14 heavy (non-hydrogen) atoms. The van der Waals surface area contributed by atoms with Crippen LogP contribution in [0.1, 0.15) is 46.0 Å². The Morgan fingerprint density at radius 2 is 2.07 bits per heavy atom. The zero-order valence-corrected chi connectivity index (χ0v) is 9.33. The maximum Gasteiger partial charge on any atom is 0.134 e. The lowest BCUT2D eigenvalue weighted by Gasteiger charge is -2.37. The molecule has 2 fully saturated rings. The van der Waals surface area contributed by atoms with E-state index in [9.17, 15) is 4.79 Å². The largest absolute Gasteiger partial charge is 0.300 e. The lowest BCUT2D eigenvalue weighted by atomic mass is 9.84. The zero-order valence-electron chi connectivity index (χ0n) is 9.33. The molecule has 2 rings (SSSR count). The van der Waals surface area contributed by atoms with Crippen LogP contribution in [0.5, 0.6) is 0 Å². The summed E-state index contributed by atoms with van der Waals surface area (Å²) in [5.41, 5.74) is 0. The maximum atomic E-state index is 11.5. The average molecular weight is 195 g/mol. The zero-order chi connectivity index (χ0) is 10.1. The van der Waals surface area contributed by atoms with Gasteiger partial charge in [-0.3, -0.25) is 9.69 Å². The van der Waals surface area contributed by atoms with Gasteiger partial charge in [0.05, 0.1) is 0 Å². The highest BCUT2D eigenvalue weighted by molar-refractivity contribution is 5.79. The Balaban J connectivity index is 2.01. The molecule has 0 spiro atoms. The van der Waals surface area contributed by atoms with Crippen molar-refractivity contribution in [2.75, 3.05) is 6.54 Å². The molecule has 0 amide bonds. The highest BCUT2D eigenvalue weighted by Crippen LogP contribution is 2.34. The Kier molecular flexibility index (Phi) is 2.91. The van der Waals surface area contributed by atoms with Gasteiger partial charge in [0.25, 0.3) is 0 Å². The van der Waals surface area contributed by atoms with E-state index in [2.05, 4.69) is 18.7 Å². The first kappa shape index (κ1) is 10.2. The van der Waals surface area contributed by atoms with Gasteiger partial charge in [0.2, 0.25) is 0 Å². The Labute approximate surface area is 86.7 Å². The van der Waals surface area contributed by atoms with Gasteiger partial charge in [-0.25, -0.2) is 0 Å². The van der Waals surface area contributed by atoms with Crippen LogP contribution in [0.3, 0.4) is 0 Å². The van der Waals surface area contributed by atoms with E-state index in [0.29, 0.717) is 17.7 Å². The summed E-state index contributed by atoms with van der Waals surface area (Å²) in [5, 5.41) is 0. The van der Waals surface area contributed by atoms with Crippen LogP contribution in [0.2, 0.25) is 0 Å². The van der Waals surface area contributed by atoms with Crippen LogP contribution < -0.4 is 0 Å². The molecule has 2 unspecified atom stereocenters. The Bertz CT molecular complexity index is 222. The van der Waals surface area contributed by atoms with E-state index in [1.807, 2.05) is 0 Å². The molecule has 0 aromatic rings. The number of Topliss-reactive ketones (excluding diaryl/α,β-unsaturated/α-hetero) is 1. The highest BCUT2D eigenvalue weighted by atomic mass is 16.1. The smallest absolute Gasteiger partial charge is 0.134 e. The van der Waals surface area contributed by atoms with Crippen molar-refractivity contribution in [2.45, 2.75) is 58.0 Å². The molecule has 2 aliphatic rings. The van der Waals surface area contributed by atoms with E-state index in [0.717, 1.165) is 31.8 Å². The summed E-state index contributed by atoms with van der Waals surface area (Å²) >= 11 is 0. The predicted octanol–water partition coefficient (Wildman–Crippen LogP) is 2.23. The van der Waals surface area contributed by atoms with Gasteiger partial charge in [-0.05, 0) is 31.7 Å². The van der Waals surface area contributed by atoms with Crippen LogP contribution >= 0.6 is 0 Å². The number of carbonyl (C=O) groups excluding carboxylic acids is 1. The Morgan fingerprint density at radius 1 is 1.36 bits per heavy atom. The van der Waals surface area contributed by atoms with Crippen molar-refractivity contribution < 1.29 is 4.79 Å². The molecule has 2 heteroatoms. The minimum atomic E-state index is 0.479. The number of hydrogen-bond donors (Lipinski definition) is 0. The fraction of sp³-hybridized carbons (Fsp3) is 0.917. The van der Waals surface area contributed by atoms with Crippen LogP contribution in [0.4, 0.5) is 0 Å². The molecule has 0 aromatic heterocycles. The first-order valence-electron chi connectivity index (χ1n) is 5.99. The van der Waals surface area contributed by atoms with Crippen molar-refractivity contribution in [3.05, 3.63) is 0 Å². The maximum absolute atomic E-state index is 11.5. The lowest BCUT2D eigenvalue weighted by molar-refractivity contribution is -0.123. The van der Waals surface area contributed by atoms with E-state index in [1.165, 1.54) is 12.8 Å². The van der Waals surface area contributed by atoms with Gasteiger partial charge in [-0.2, -0.15) is 0 Å². The third-order valence-electron chi connectivity index (χ3n) is 3.78. The molecule has 0 bridgehead atoms. The van der Waals surface area contributed by atoms with Crippen molar-refractivity contribution in [1.82, 2.24) is 4.90 Å². The second-order valence-corrected chi connectivity index (χ2v) is 4.89. The van der Waals surface area contributed by atoms with E-state index in [4.69, 9.17) is 0 Å².